The zero-order valence-corrected chi connectivity index (χ0v) is 14.0. The molecule has 0 amide bonds. The summed E-state index contributed by atoms with van der Waals surface area (Å²) >= 11 is 0. The fourth-order valence-electron chi connectivity index (χ4n) is 2.27. The number of aromatic nitrogens is 2. The number of anilines is 1. The number of nitrogens with zero attached hydrogens (tertiary/aromatic N) is 3. The number of hydrogen-bond acceptors (Lipinski definition) is 5. The Hall–Kier alpha value is -2.35. The van der Waals surface area contributed by atoms with E-state index in [2.05, 4.69) is 5.10 Å². The maximum atomic E-state index is 13.0. The van der Waals surface area contributed by atoms with Gasteiger partial charge in [0, 0.05) is 13.2 Å². The highest BCUT2D eigenvalue weighted by molar-refractivity contribution is 7.92. The molecule has 0 saturated heterocycles. The predicted molar refractivity (Wildman–Crippen MR) is 85.4 cm³/mol. The number of para-hydroxylation sites is 1. The number of rotatable bonds is 6. The normalized spacial score (nSPS) is 12.7. The highest BCUT2D eigenvalue weighted by Crippen LogP contribution is 2.27. The van der Waals surface area contributed by atoms with E-state index in [1.807, 2.05) is 0 Å². The molecule has 0 bridgehead atoms. The van der Waals surface area contributed by atoms with E-state index >= 15 is 0 Å². The molecule has 0 saturated carbocycles. The molecule has 8 heteroatoms. The molecule has 1 aromatic carbocycles. The van der Waals surface area contributed by atoms with Gasteiger partial charge >= 0.3 is 5.97 Å². The number of carbonyl (C=O) groups excluding carboxylic acids is 1. The summed E-state index contributed by atoms with van der Waals surface area (Å²) in [4.78, 5) is 12.1. The van der Waals surface area contributed by atoms with Crippen LogP contribution in [0.3, 0.4) is 0 Å². The average Bonchev–Trinajstić information content (AvgIpc) is 2.99. The number of methoxy groups -OCH3 is 1. The Bertz CT molecular complexity index is 771. The molecule has 0 aliphatic carbocycles. The van der Waals surface area contributed by atoms with E-state index in [9.17, 15) is 13.2 Å². The van der Waals surface area contributed by atoms with Crippen molar-refractivity contribution in [3.8, 4) is 0 Å². The summed E-state index contributed by atoms with van der Waals surface area (Å²) in [6.45, 7) is 1.73. The van der Waals surface area contributed by atoms with E-state index in [1.165, 1.54) is 24.2 Å². The monoisotopic (exact) mass is 337 g/mol. The van der Waals surface area contributed by atoms with Crippen LogP contribution in [-0.4, -0.2) is 37.3 Å². The second-order valence-electron chi connectivity index (χ2n) is 4.93. The van der Waals surface area contributed by atoms with Crippen molar-refractivity contribution in [2.45, 2.75) is 24.3 Å². The van der Waals surface area contributed by atoms with Crippen LogP contribution < -0.4 is 4.31 Å². The van der Waals surface area contributed by atoms with Gasteiger partial charge in [-0.15, -0.1) is 0 Å². The van der Waals surface area contributed by atoms with Crippen LogP contribution in [0, 0.1) is 0 Å². The topological polar surface area (TPSA) is 81.5 Å². The summed E-state index contributed by atoms with van der Waals surface area (Å²) < 4.78 is 33.3. The highest BCUT2D eigenvalue weighted by Gasteiger charge is 2.36. The maximum Gasteiger partial charge on any atom is 0.329 e. The van der Waals surface area contributed by atoms with Gasteiger partial charge in [-0.25, -0.2) is 13.2 Å². The quantitative estimate of drug-likeness (QED) is 0.747. The van der Waals surface area contributed by atoms with E-state index < -0.39 is 22.0 Å². The predicted octanol–water partition coefficient (Wildman–Crippen LogP) is 1.57. The zero-order valence-electron chi connectivity index (χ0n) is 13.2. The molecule has 1 heterocycles. The standard InChI is InChI=1S/C15H19N3O4S/c1-4-14(15(19)22-3)18(12-8-6-5-7-9-12)23(20,21)13-10-16-17(2)11-13/h5-11,14H,4H2,1-3H3/t14-/m1/s1. The largest absolute Gasteiger partial charge is 0.467 e. The molecule has 0 aliphatic rings. The lowest BCUT2D eigenvalue weighted by molar-refractivity contribution is -0.142. The smallest absolute Gasteiger partial charge is 0.329 e. The lowest BCUT2D eigenvalue weighted by atomic mass is 10.2. The van der Waals surface area contributed by atoms with Gasteiger partial charge in [-0.3, -0.25) is 8.99 Å². The van der Waals surface area contributed by atoms with Gasteiger partial charge in [0.05, 0.1) is 19.0 Å². The van der Waals surface area contributed by atoms with E-state index in [-0.39, 0.29) is 11.3 Å². The summed E-state index contributed by atoms with van der Waals surface area (Å²) in [6, 6.07) is 7.53. The molecule has 0 spiro atoms. The van der Waals surface area contributed by atoms with Crippen molar-refractivity contribution in [1.82, 2.24) is 9.78 Å². The van der Waals surface area contributed by atoms with E-state index in [4.69, 9.17) is 4.74 Å². The zero-order chi connectivity index (χ0) is 17.0. The van der Waals surface area contributed by atoms with Crippen molar-refractivity contribution in [2.75, 3.05) is 11.4 Å². The molecule has 0 N–H and O–H groups in total. The van der Waals surface area contributed by atoms with Crippen LogP contribution in [0.1, 0.15) is 13.3 Å². The average molecular weight is 337 g/mol. The van der Waals surface area contributed by atoms with Gasteiger partial charge in [0.1, 0.15) is 10.9 Å². The van der Waals surface area contributed by atoms with Gasteiger partial charge < -0.3 is 4.74 Å². The highest BCUT2D eigenvalue weighted by atomic mass is 32.2. The lowest BCUT2D eigenvalue weighted by Crippen LogP contribution is -2.45. The van der Waals surface area contributed by atoms with Gasteiger partial charge in [0.25, 0.3) is 10.0 Å². The molecule has 0 unspecified atom stereocenters. The summed E-state index contributed by atoms with van der Waals surface area (Å²) in [6.07, 6.45) is 2.94. The second-order valence-corrected chi connectivity index (χ2v) is 6.75. The van der Waals surface area contributed by atoms with Crippen molar-refractivity contribution < 1.29 is 17.9 Å². The van der Waals surface area contributed by atoms with Crippen LogP contribution in [0.4, 0.5) is 5.69 Å². The van der Waals surface area contributed by atoms with Crippen molar-refractivity contribution in [2.24, 2.45) is 7.05 Å². The Morgan fingerprint density at radius 1 is 1.35 bits per heavy atom. The van der Waals surface area contributed by atoms with E-state index in [1.54, 1.807) is 44.3 Å². The van der Waals surface area contributed by atoms with Gasteiger partial charge in [0.2, 0.25) is 0 Å². The first kappa shape index (κ1) is 17.0. The maximum absolute atomic E-state index is 13.0. The Morgan fingerprint density at radius 2 is 2.00 bits per heavy atom. The summed E-state index contributed by atoms with van der Waals surface area (Å²) in [7, 11) is -1.08. The Balaban J connectivity index is 2.60. The lowest BCUT2D eigenvalue weighted by Gasteiger charge is -2.29. The molecule has 2 rings (SSSR count). The third-order valence-electron chi connectivity index (χ3n) is 3.39. The summed E-state index contributed by atoms with van der Waals surface area (Å²) in [5.74, 6) is -0.608. The number of sulfonamides is 1. The summed E-state index contributed by atoms with van der Waals surface area (Å²) in [5, 5.41) is 3.90. The molecular formula is C15H19N3O4S. The second kappa shape index (κ2) is 6.82. The number of aryl methyl sites for hydroxylation is 1. The molecule has 0 fully saturated rings. The Morgan fingerprint density at radius 3 is 2.48 bits per heavy atom. The minimum atomic E-state index is -3.95. The first-order chi connectivity index (χ1) is 10.9. The molecule has 0 aliphatic heterocycles. The molecule has 0 radical (unpaired) electrons. The number of carbonyl (C=O) groups is 1. The van der Waals surface area contributed by atoms with Crippen LogP contribution in [0.15, 0.2) is 47.6 Å². The van der Waals surface area contributed by atoms with Crippen molar-refractivity contribution >= 4 is 21.7 Å². The van der Waals surface area contributed by atoms with E-state index in [0.29, 0.717) is 5.69 Å². The van der Waals surface area contributed by atoms with Gasteiger partial charge in [-0.2, -0.15) is 5.10 Å². The minimum Gasteiger partial charge on any atom is -0.467 e. The van der Waals surface area contributed by atoms with Crippen LogP contribution in [0.5, 0.6) is 0 Å². The first-order valence-electron chi connectivity index (χ1n) is 7.07. The van der Waals surface area contributed by atoms with Crippen LogP contribution in [0.2, 0.25) is 0 Å². The van der Waals surface area contributed by atoms with Gasteiger partial charge in [-0.05, 0) is 18.6 Å². The van der Waals surface area contributed by atoms with Crippen molar-refractivity contribution in [3.63, 3.8) is 0 Å². The van der Waals surface area contributed by atoms with Crippen LogP contribution >= 0.6 is 0 Å². The Labute approximate surface area is 135 Å². The number of esters is 1. The minimum absolute atomic E-state index is 0.0196. The van der Waals surface area contributed by atoms with Crippen LogP contribution in [-0.2, 0) is 26.6 Å². The molecule has 2 aromatic rings. The van der Waals surface area contributed by atoms with Gasteiger partial charge in [0.15, 0.2) is 0 Å². The molecule has 1 atom stereocenters. The third-order valence-corrected chi connectivity index (χ3v) is 5.18. The molecule has 23 heavy (non-hydrogen) atoms. The van der Waals surface area contributed by atoms with Crippen LogP contribution in [0.25, 0.3) is 0 Å². The fraction of sp³-hybridized carbons (Fsp3) is 0.333. The Kier molecular flexibility index (Phi) is 5.05. The summed E-state index contributed by atoms with van der Waals surface area (Å²) in [5.41, 5.74) is 0.397. The number of ether oxygens (including phenoxy) is 1. The van der Waals surface area contributed by atoms with E-state index in [0.717, 1.165) is 4.31 Å². The molecule has 1 aromatic heterocycles. The molecule has 7 nitrogen and oxygen atoms in total. The molecular weight excluding hydrogens is 318 g/mol. The molecule has 124 valence electrons. The first-order valence-corrected chi connectivity index (χ1v) is 8.51. The van der Waals surface area contributed by atoms with Crippen molar-refractivity contribution in [1.29, 1.82) is 0 Å². The number of benzene rings is 1. The van der Waals surface area contributed by atoms with Crippen molar-refractivity contribution in [3.05, 3.63) is 42.7 Å². The number of hydrogen-bond donors (Lipinski definition) is 0. The fourth-order valence-corrected chi connectivity index (χ4v) is 3.93. The SMILES string of the molecule is CC[C@H](C(=O)OC)N(c1ccccc1)S(=O)(=O)c1cnn(C)c1. The van der Waals surface area contributed by atoms with Gasteiger partial charge in [-0.1, -0.05) is 25.1 Å². The third kappa shape index (κ3) is 3.37.